The van der Waals surface area contributed by atoms with Gasteiger partial charge in [-0.05, 0) is 42.8 Å². The molecule has 0 aliphatic heterocycles. The predicted octanol–water partition coefficient (Wildman–Crippen LogP) is 3.97. The number of anilines is 2. The number of esters is 1. The van der Waals surface area contributed by atoms with E-state index in [1.807, 2.05) is 0 Å². The number of amides is 1. The summed E-state index contributed by atoms with van der Waals surface area (Å²) >= 11 is 12.1. The van der Waals surface area contributed by atoms with Crippen LogP contribution in [0.1, 0.15) is 23.2 Å². The minimum Gasteiger partial charge on any atom is -0.495 e. The second-order valence-electron chi connectivity index (χ2n) is 6.49. The molecule has 11 heteroatoms. The number of hydrogen-bond acceptors (Lipinski definition) is 6. The normalized spacial score (nSPS) is 11.0. The van der Waals surface area contributed by atoms with Gasteiger partial charge in [-0.15, -0.1) is 0 Å². The van der Waals surface area contributed by atoms with E-state index < -0.39 is 16.0 Å². The molecule has 0 aromatic heterocycles. The highest BCUT2D eigenvalue weighted by Crippen LogP contribution is 2.30. The van der Waals surface area contributed by atoms with E-state index in [2.05, 4.69) is 10.1 Å². The van der Waals surface area contributed by atoms with Gasteiger partial charge in [-0.2, -0.15) is 0 Å². The molecular formula is C20H22Cl2N2O6S. The van der Waals surface area contributed by atoms with Crippen molar-refractivity contribution < 1.29 is 27.5 Å². The standard InChI is InChI=1S/C20H22Cl2N2O6S/c1-29-18-9-7-14(12-17(18)22)24(31(3,27)28)10-4-5-19(25)23-13-6-8-16(21)15(11-13)20(26)30-2/h6-9,11-12H,4-5,10H2,1-3H3,(H,23,25). The Kier molecular flexibility index (Phi) is 8.55. The van der Waals surface area contributed by atoms with Crippen molar-refractivity contribution in [1.82, 2.24) is 0 Å². The van der Waals surface area contributed by atoms with E-state index in [0.717, 1.165) is 6.26 Å². The molecule has 2 rings (SSSR count). The van der Waals surface area contributed by atoms with Gasteiger partial charge in [-0.3, -0.25) is 9.10 Å². The molecule has 2 aromatic rings. The van der Waals surface area contributed by atoms with E-state index in [9.17, 15) is 18.0 Å². The Hall–Kier alpha value is -2.49. The number of hydrogen-bond donors (Lipinski definition) is 1. The number of carbonyl (C=O) groups is 2. The van der Waals surface area contributed by atoms with Crippen LogP contribution < -0.4 is 14.4 Å². The van der Waals surface area contributed by atoms with Crippen LogP contribution >= 0.6 is 23.2 Å². The Labute approximate surface area is 191 Å². The molecule has 0 bridgehead atoms. The van der Waals surface area contributed by atoms with Crippen LogP contribution in [0.3, 0.4) is 0 Å². The van der Waals surface area contributed by atoms with Gasteiger partial charge in [-0.25, -0.2) is 13.2 Å². The van der Waals surface area contributed by atoms with Crippen molar-refractivity contribution in [2.24, 2.45) is 0 Å². The van der Waals surface area contributed by atoms with Gasteiger partial charge in [0, 0.05) is 18.7 Å². The molecule has 0 heterocycles. The fourth-order valence-corrected chi connectivity index (χ4v) is 4.18. The Morgan fingerprint density at radius 3 is 2.35 bits per heavy atom. The van der Waals surface area contributed by atoms with Crippen LogP contribution in [0.25, 0.3) is 0 Å². The molecule has 8 nitrogen and oxygen atoms in total. The van der Waals surface area contributed by atoms with Crippen LogP contribution in [0, 0.1) is 0 Å². The topological polar surface area (TPSA) is 102 Å². The smallest absolute Gasteiger partial charge is 0.339 e. The Morgan fingerprint density at radius 2 is 1.77 bits per heavy atom. The van der Waals surface area contributed by atoms with Gasteiger partial charge in [0.05, 0.1) is 41.8 Å². The van der Waals surface area contributed by atoms with Gasteiger partial charge in [0.2, 0.25) is 15.9 Å². The maximum Gasteiger partial charge on any atom is 0.339 e. The average molecular weight is 489 g/mol. The first-order chi connectivity index (χ1) is 14.6. The summed E-state index contributed by atoms with van der Waals surface area (Å²) in [7, 11) is -0.907. The number of sulfonamides is 1. The Morgan fingerprint density at radius 1 is 1.06 bits per heavy atom. The Balaban J connectivity index is 2.04. The predicted molar refractivity (Wildman–Crippen MR) is 121 cm³/mol. The number of nitrogens with one attached hydrogen (secondary N) is 1. The summed E-state index contributed by atoms with van der Waals surface area (Å²) in [5, 5.41) is 3.13. The zero-order valence-electron chi connectivity index (χ0n) is 17.1. The maximum atomic E-state index is 12.3. The molecule has 31 heavy (non-hydrogen) atoms. The molecule has 168 valence electrons. The number of rotatable bonds is 9. The first-order valence-electron chi connectivity index (χ1n) is 9.05. The molecule has 0 unspecified atom stereocenters. The molecular weight excluding hydrogens is 467 g/mol. The number of nitrogens with zero attached hydrogens (tertiary/aromatic N) is 1. The molecule has 0 radical (unpaired) electrons. The zero-order valence-corrected chi connectivity index (χ0v) is 19.5. The highest BCUT2D eigenvalue weighted by atomic mass is 35.5. The summed E-state index contributed by atoms with van der Waals surface area (Å²) in [6, 6.07) is 9.07. The molecule has 0 saturated carbocycles. The fourth-order valence-electron chi connectivity index (χ4n) is 2.77. The summed E-state index contributed by atoms with van der Waals surface area (Å²) < 4.78 is 35.3. The van der Waals surface area contributed by atoms with Crippen molar-refractivity contribution in [3.63, 3.8) is 0 Å². The molecule has 0 aliphatic carbocycles. The van der Waals surface area contributed by atoms with Gasteiger partial charge in [-0.1, -0.05) is 23.2 Å². The van der Waals surface area contributed by atoms with Gasteiger partial charge < -0.3 is 14.8 Å². The first-order valence-corrected chi connectivity index (χ1v) is 11.7. The molecule has 1 N–H and O–H groups in total. The summed E-state index contributed by atoms with van der Waals surface area (Å²) in [5.74, 6) is -0.546. The lowest BCUT2D eigenvalue weighted by Gasteiger charge is -2.23. The van der Waals surface area contributed by atoms with Gasteiger partial charge >= 0.3 is 5.97 Å². The van der Waals surface area contributed by atoms with E-state index in [0.29, 0.717) is 17.1 Å². The van der Waals surface area contributed by atoms with Crippen molar-refractivity contribution in [3.8, 4) is 5.75 Å². The quantitative estimate of drug-likeness (QED) is 0.535. The number of ether oxygens (including phenoxy) is 2. The molecule has 0 aliphatic rings. The lowest BCUT2D eigenvalue weighted by Crippen LogP contribution is -2.31. The van der Waals surface area contributed by atoms with Crippen LogP contribution in [-0.2, 0) is 19.6 Å². The second kappa shape index (κ2) is 10.7. The first kappa shape index (κ1) is 24.8. The third-order valence-corrected chi connectivity index (χ3v) is 6.06. The van der Waals surface area contributed by atoms with Gasteiger partial charge in [0.1, 0.15) is 5.75 Å². The number of benzene rings is 2. The van der Waals surface area contributed by atoms with Crippen LogP contribution in [0.5, 0.6) is 5.75 Å². The molecule has 0 atom stereocenters. The van der Waals surface area contributed by atoms with Crippen molar-refractivity contribution in [3.05, 3.63) is 52.0 Å². The van der Waals surface area contributed by atoms with E-state index in [1.165, 1.54) is 36.7 Å². The van der Waals surface area contributed by atoms with E-state index in [1.54, 1.807) is 18.2 Å². The number of halogens is 2. The van der Waals surface area contributed by atoms with Crippen molar-refractivity contribution >= 4 is 56.5 Å². The maximum absolute atomic E-state index is 12.3. The lowest BCUT2D eigenvalue weighted by atomic mass is 10.2. The van der Waals surface area contributed by atoms with Crippen molar-refractivity contribution in [2.75, 3.05) is 36.6 Å². The van der Waals surface area contributed by atoms with E-state index in [4.69, 9.17) is 27.9 Å². The second-order valence-corrected chi connectivity index (χ2v) is 9.21. The highest BCUT2D eigenvalue weighted by molar-refractivity contribution is 7.92. The molecule has 0 saturated heterocycles. The van der Waals surface area contributed by atoms with Crippen LogP contribution in [0.15, 0.2) is 36.4 Å². The minimum atomic E-state index is -3.60. The molecule has 2 aromatic carbocycles. The highest BCUT2D eigenvalue weighted by Gasteiger charge is 2.19. The van der Waals surface area contributed by atoms with Crippen LogP contribution in [0.4, 0.5) is 11.4 Å². The third kappa shape index (κ3) is 6.75. The van der Waals surface area contributed by atoms with Crippen molar-refractivity contribution in [1.29, 1.82) is 0 Å². The third-order valence-electron chi connectivity index (χ3n) is 4.24. The lowest BCUT2D eigenvalue weighted by molar-refractivity contribution is -0.116. The average Bonchev–Trinajstić information content (AvgIpc) is 2.71. The molecule has 1 amide bonds. The van der Waals surface area contributed by atoms with E-state index >= 15 is 0 Å². The van der Waals surface area contributed by atoms with Gasteiger partial charge in [0.15, 0.2) is 0 Å². The summed E-state index contributed by atoms with van der Waals surface area (Å²) in [6.07, 6.45) is 1.37. The van der Waals surface area contributed by atoms with Crippen LogP contribution in [-0.4, -0.2) is 47.3 Å². The zero-order chi connectivity index (χ0) is 23.2. The SMILES string of the molecule is COC(=O)c1cc(NC(=O)CCCN(c2ccc(OC)c(Cl)c2)S(C)(=O)=O)ccc1Cl. The molecule has 0 fully saturated rings. The monoisotopic (exact) mass is 488 g/mol. The van der Waals surface area contributed by atoms with Gasteiger partial charge in [0.25, 0.3) is 0 Å². The fraction of sp³-hybridized carbons (Fsp3) is 0.300. The number of methoxy groups -OCH3 is 2. The number of carbonyl (C=O) groups excluding carboxylic acids is 2. The summed E-state index contributed by atoms with van der Waals surface area (Å²) in [6.45, 7) is 0.0724. The van der Waals surface area contributed by atoms with Crippen LogP contribution in [0.2, 0.25) is 10.0 Å². The Bertz CT molecular complexity index is 1080. The summed E-state index contributed by atoms with van der Waals surface area (Å²) in [5.41, 5.74) is 0.868. The molecule has 0 spiro atoms. The van der Waals surface area contributed by atoms with Crippen molar-refractivity contribution in [2.45, 2.75) is 12.8 Å². The van der Waals surface area contributed by atoms with E-state index in [-0.39, 0.29) is 40.9 Å². The largest absolute Gasteiger partial charge is 0.495 e. The summed E-state index contributed by atoms with van der Waals surface area (Å²) in [4.78, 5) is 24.0. The minimum absolute atomic E-state index is 0.0477.